The van der Waals surface area contributed by atoms with E-state index < -0.39 is 0 Å². The van der Waals surface area contributed by atoms with Crippen molar-refractivity contribution in [3.63, 3.8) is 0 Å². The molecule has 9 nitrogen and oxygen atoms in total. The number of hydrogen-bond acceptors (Lipinski definition) is 5. The summed E-state index contributed by atoms with van der Waals surface area (Å²) in [7, 11) is 3.42. The number of fused-ring (bicyclic) bond motifs is 1. The third-order valence-corrected chi connectivity index (χ3v) is 5.59. The van der Waals surface area contributed by atoms with Gasteiger partial charge in [-0.15, -0.1) is 0 Å². The number of piperidine rings is 1. The van der Waals surface area contributed by atoms with Crippen LogP contribution in [0.15, 0.2) is 33.7 Å². The molecule has 0 saturated carbocycles. The number of likely N-dealkylation sites (N-methyl/N-ethyl adjacent to an activating group) is 1. The molecule has 1 saturated heterocycles. The Hall–Kier alpha value is -3.23. The lowest BCUT2D eigenvalue weighted by Gasteiger charge is -2.32. The number of nitrogens with one attached hydrogen (secondary N) is 2. The van der Waals surface area contributed by atoms with E-state index in [4.69, 9.17) is 9.15 Å². The number of aryl methyl sites for hydroxylation is 1. The largest absolute Gasteiger partial charge is 0.459 e. The van der Waals surface area contributed by atoms with E-state index in [2.05, 4.69) is 15.6 Å². The Labute approximate surface area is 188 Å². The van der Waals surface area contributed by atoms with Crippen LogP contribution in [0.3, 0.4) is 0 Å². The Morgan fingerprint density at radius 1 is 1.25 bits per heavy atom. The molecule has 2 heterocycles. The summed E-state index contributed by atoms with van der Waals surface area (Å²) in [5.41, 5.74) is 1.93. The first-order valence-corrected chi connectivity index (χ1v) is 11.0. The van der Waals surface area contributed by atoms with Gasteiger partial charge in [0, 0.05) is 44.2 Å². The number of benzene rings is 1. The van der Waals surface area contributed by atoms with Crippen molar-refractivity contribution in [2.75, 3.05) is 40.3 Å². The Morgan fingerprint density at radius 2 is 1.97 bits per heavy atom. The molecule has 0 unspecified atom stereocenters. The van der Waals surface area contributed by atoms with Gasteiger partial charge in [0.15, 0.2) is 5.96 Å². The van der Waals surface area contributed by atoms with E-state index in [1.165, 1.54) is 4.90 Å². The lowest BCUT2D eigenvalue weighted by molar-refractivity contribution is -0.127. The van der Waals surface area contributed by atoms with E-state index in [0.29, 0.717) is 32.2 Å². The van der Waals surface area contributed by atoms with Gasteiger partial charge in [0.05, 0.1) is 13.2 Å². The van der Waals surface area contributed by atoms with Crippen molar-refractivity contribution in [3.05, 3.63) is 35.6 Å². The first-order valence-electron chi connectivity index (χ1n) is 11.0. The number of rotatable bonds is 6. The van der Waals surface area contributed by atoms with E-state index in [0.717, 1.165) is 35.1 Å². The van der Waals surface area contributed by atoms with Crippen molar-refractivity contribution in [1.82, 2.24) is 20.4 Å². The molecule has 0 radical (unpaired) electrons. The van der Waals surface area contributed by atoms with Gasteiger partial charge in [0.1, 0.15) is 17.9 Å². The van der Waals surface area contributed by atoms with Crippen LogP contribution in [0, 0.1) is 6.92 Å². The second kappa shape index (κ2) is 10.9. The molecule has 1 aromatic carbocycles. The molecule has 1 fully saturated rings. The van der Waals surface area contributed by atoms with Crippen LogP contribution < -0.4 is 10.6 Å². The van der Waals surface area contributed by atoms with Crippen LogP contribution in [0.4, 0.5) is 4.79 Å². The van der Waals surface area contributed by atoms with Crippen molar-refractivity contribution in [1.29, 1.82) is 0 Å². The van der Waals surface area contributed by atoms with E-state index >= 15 is 0 Å². The molecule has 32 heavy (non-hydrogen) atoms. The number of hydrogen-bond donors (Lipinski definition) is 2. The standard InChI is InChI=1S/C23H33N5O4/c1-5-31-23(30)28-12-10-17(11-13-28)26-22(25-15-21(29)27(3)4)24-14-20-16(2)18-8-6-7-9-19(18)32-20/h6-9,17H,5,10-15H2,1-4H3,(H2,24,25,26). The zero-order chi connectivity index (χ0) is 23.1. The van der Waals surface area contributed by atoms with Crippen molar-refractivity contribution in [2.45, 2.75) is 39.3 Å². The van der Waals surface area contributed by atoms with Gasteiger partial charge in [-0.2, -0.15) is 0 Å². The number of amides is 2. The SMILES string of the molecule is CCOC(=O)N1CCC(NC(=NCC(=O)N(C)C)NCc2oc3ccccc3c2C)CC1. The van der Waals surface area contributed by atoms with Crippen LogP contribution in [0.25, 0.3) is 11.0 Å². The molecule has 3 rings (SSSR count). The number of carbonyl (C=O) groups excluding carboxylic acids is 2. The second-order valence-corrected chi connectivity index (χ2v) is 8.06. The summed E-state index contributed by atoms with van der Waals surface area (Å²) in [6.07, 6.45) is 1.27. The fourth-order valence-electron chi connectivity index (χ4n) is 3.61. The summed E-state index contributed by atoms with van der Waals surface area (Å²) in [4.78, 5) is 31.7. The van der Waals surface area contributed by atoms with Crippen LogP contribution in [-0.2, 0) is 16.1 Å². The van der Waals surface area contributed by atoms with Crippen LogP contribution in [0.5, 0.6) is 0 Å². The van der Waals surface area contributed by atoms with Crippen LogP contribution in [0.2, 0.25) is 0 Å². The van der Waals surface area contributed by atoms with Gasteiger partial charge in [-0.05, 0) is 32.8 Å². The summed E-state index contributed by atoms with van der Waals surface area (Å²) in [5, 5.41) is 7.80. The van der Waals surface area contributed by atoms with Gasteiger partial charge >= 0.3 is 6.09 Å². The zero-order valence-corrected chi connectivity index (χ0v) is 19.3. The minimum atomic E-state index is -0.269. The number of nitrogens with zero attached hydrogens (tertiary/aromatic N) is 3. The molecule has 0 bridgehead atoms. The van der Waals surface area contributed by atoms with E-state index in [9.17, 15) is 9.59 Å². The predicted molar refractivity (Wildman–Crippen MR) is 124 cm³/mol. The quantitative estimate of drug-likeness (QED) is 0.526. The lowest BCUT2D eigenvalue weighted by atomic mass is 10.1. The van der Waals surface area contributed by atoms with Crippen molar-refractivity contribution in [2.24, 2.45) is 4.99 Å². The second-order valence-electron chi connectivity index (χ2n) is 8.06. The summed E-state index contributed by atoms with van der Waals surface area (Å²) < 4.78 is 11.1. The van der Waals surface area contributed by atoms with Gasteiger partial charge in [0.25, 0.3) is 0 Å². The van der Waals surface area contributed by atoms with Crippen LogP contribution >= 0.6 is 0 Å². The number of likely N-dealkylation sites (tertiary alicyclic amines) is 1. The number of para-hydroxylation sites is 1. The van der Waals surface area contributed by atoms with E-state index in [1.807, 2.05) is 31.2 Å². The summed E-state index contributed by atoms with van der Waals surface area (Å²) >= 11 is 0. The Kier molecular flexibility index (Phi) is 7.97. The molecule has 2 aromatic rings. The Morgan fingerprint density at radius 3 is 2.62 bits per heavy atom. The number of furan rings is 1. The van der Waals surface area contributed by atoms with Crippen LogP contribution in [-0.4, -0.2) is 74.1 Å². The molecule has 0 spiro atoms. The maximum atomic E-state index is 12.1. The molecule has 1 aliphatic heterocycles. The number of carbonyl (C=O) groups is 2. The highest BCUT2D eigenvalue weighted by atomic mass is 16.6. The van der Waals surface area contributed by atoms with Gasteiger partial charge in [-0.25, -0.2) is 9.79 Å². The first-order chi connectivity index (χ1) is 15.4. The van der Waals surface area contributed by atoms with Gasteiger partial charge in [-0.1, -0.05) is 18.2 Å². The number of ether oxygens (including phenoxy) is 1. The molecule has 0 aliphatic carbocycles. The zero-order valence-electron chi connectivity index (χ0n) is 19.3. The molecule has 9 heteroatoms. The molecular weight excluding hydrogens is 410 g/mol. The fraction of sp³-hybridized carbons (Fsp3) is 0.522. The summed E-state index contributed by atoms with van der Waals surface area (Å²) in [5.74, 6) is 1.30. The minimum absolute atomic E-state index is 0.0448. The van der Waals surface area contributed by atoms with Crippen LogP contribution in [0.1, 0.15) is 31.1 Å². The first kappa shape index (κ1) is 23.4. The lowest BCUT2D eigenvalue weighted by Crippen LogP contribution is -2.50. The van der Waals surface area contributed by atoms with Gasteiger partial charge in [0.2, 0.25) is 5.91 Å². The fourth-order valence-corrected chi connectivity index (χ4v) is 3.61. The summed E-state index contributed by atoms with van der Waals surface area (Å²) in [6, 6.07) is 8.07. The van der Waals surface area contributed by atoms with Crippen molar-refractivity contribution in [3.8, 4) is 0 Å². The molecule has 1 aliphatic rings. The highest BCUT2D eigenvalue weighted by Crippen LogP contribution is 2.24. The molecule has 1 aromatic heterocycles. The highest BCUT2D eigenvalue weighted by molar-refractivity contribution is 5.85. The minimum Gasteiger partial charge on any atom is -0.459 e. The third kappa shape index (κ3) is 5.93. The maximum Gasteiger partial charge on any atom is 0.409 e. The predicted octanol–water partition coefficient (Wildman–Crippen LogP) is 2.49. The topological polar surface area (TPSA) is 99.4 Å². The molecule has 174 valence electrons. The molecule has 2 amide bonds. The smallest absolute Gasteiger partial charge is 0.409 e. The number of guanidine groups is 1. The van der Waals surface area contributed by atoms with E-state index in [-0.39, 0.29) is 24.6 Å². The van der Waals surface area contributed by atoms with Crippen molar-refractivity contribution < 1.29 is 18.7 Å². The maximum absolute atomic E-state index is 12.1. The Balaban J connectivity index is 1.64. The van der Waals surface area contributed by atoms with E-state index in [1.54, 1.807) is 25.9 Å². The highest BCUT2D eigenvalue weighted by Gasteiger charge is 2.24. The molecule has 2 N–H and O–H groups in total. The third-order valence-electron chi connectivity index (χ3n) is 5.59. The summed E-state index contributed by atoms with van der Waals surface area (Å²) in [6.45, 7) is 5.94. The number of aliphatic imine (C=N–C) groups is 1. The molecule has 0 atom stereocenters. The molecular formula is C23H33N5O4. The monoisotopic (exact) mass is 443 g/mol. The van der Waals surface area contributed by atoms with Gasteiger partial charge < -0.3 is 29.6 Å². The van der Waals surface area contributed by atoms with Crippen molar-refractivity contribution >= 4 is 28.9 Å². The normalized spacial score (nSPS) is 15.0. The van der Waals surface area contributed by atoms with Gasteiger partial charge in [-0.3, -0.25) is 4.79 Å². The Bertz CT molecular complexity index is 960. The average Bonchev–Trinajstić information content (AvgIpc) is 3.11. The average molecular weight is 444 g/mol.